The zero-order chi connectivity index (χ0) is 18.7. The van der Waals surface area contributed by atoms with Gasteiger partial charge in [0.15, 0.2) is 6.61 Å². The molecular formula is C15H19F3N2O4S. The lowest BCUT2D eigenvalue weighted by Crippen LogP contribution is -2.43. The summed E-state index contributed by atoms with van der Waals surface area (Å²) < 4.78 is 66.1. The first-order chi connectivity index (χ1) is 11.6. The van der Waals surface area contributed by atoms with Gasteiger partial charge in [0.2, 0.25) is 15.9 Å². The summed E-state index contributed by atoms with van der Waals surface area (Å²) in [5, 5.41) is 2.54. The molecule has 1 aliphatic heterocycles. The van der Waals surface area contributed by atoms with Crippen LogP contribution in [-0.2, 0) is 14.8 Å². The van der Waals surface area contributed by atoms with Crippen molar-refractivity contribution < 1.29 is 31.1 Å². The lowest BCUT2D eigenvalue weighted by molar-refractivity contribution is -0.153. The highest BCUT2D eigenvalue weighted by molar-refractivity contribution is 7.88. The molecule has 1 atom stereocenters. The molecule has 0 bridgehead atoms. The van der Waals surface area contributed by atoms with E-state index in [4.69, 9.17) is 4.74 Å². The highest BCUT2D eigenvalue weighted by atomic mass is 32.2. The van der Waals surface area contributed by atoms with Gasteiger partial charge in [0.25, 0.3) is 0 Å². The Kier molecular flexibility index (Phi) is 5.94. The van der Waals surface area contributed by atoms with Crippen molar-refractivity contribution in [3.8, 4) is 5.75 Å². The van der Waals surface area contributed by atoms with Crippen LogP contribution in [0.25, 0.3) is 0 Å². The largest absolute Gasteiger partial charge is 0.482 e. The molecule has 1 aromatic carbocycles. The van der Waals surface area contributed by atoms with Gasteiger partial charge < -0.3 is 10.1 Å². The number of alkyl halides is 3. The van der Waals surface area contributed by atoms with E-state index in [1.54, 1.807) is 6.07 Å². The Balaban J connectivity index is 2.05. The maximum absolute atomic E-state index is 12.4. The predicted molar refractivity (Wildman–Crippen MR) is 85.8 cm³/mol. The summed E-state index contributed by atoms with van der Waals surface area (Å²) in [4.78, 5) is 12.4. The number of carbonyl (C=O) groups is 1. The Bertz CT molecular complexity index is 722. The molecule has 140 valence electrons. The topological polar surface area (TPSA) is 75.7 Å². The monoisotopic (exact) mass is 380 g/mol. The Labute approximate surface area is 144 Å². The number of benzene rings is 1. The lowest BCUT2D eigenvalue weighted by Gasteiger charge is -2.30. The van der Waals surface area contributed by atoms with Gasteiger partial charge in [-0.05, 0) is 25.0 Å². The minimum atomic E-state index is -4.49. The van der Waals surface area contributed by atoms with Crippen LogP contribution in [0.1, 0.15) is 12.8 Å². The van der Waals surface area contributed by atoms with Crippen LogP contribution >= 0.6 is 0 Å². The second-order valence-electron chi connectivity index (χ2n) is 5.85. The summed E-state index contributed by atoms with van der Waals surface area (Å²) >= 11 is 0. The van der Waals surface area contributed by atoms with Crippen LogP contribution in [-0.4, -0.2) is 50.8 Å². The fourth-order valence-corrected chi connectivity index (χ4v) is 3.46. The van der Waals surface area contributed by atoms with Crippen LogP contribution in [0.4, 0.5) is 18.9 Å². The van der Waals surface area contributed by atoms with E-state index in [1.165, 1.54) is 22.5 Å². The van der Waals surface area contributed by atoms with Gasteiger partial charge in [-0.25, -0.2) is 12.7 Å². The molecule has 1 amide bonds. The number of hydrogen-bond acceptors (Lipinski definition) is 4. The number of piperidine rings is 1. The quantitative estimate of drug-likeness (QED) is 0.850. The van der Waals surface area contributed by atoms with Crippen LogP contribution in [0.5, 0.6) is 5.75 Å². The number of nitrogens with one attached hydrogen (secondary N) is 1. The summed E-state index contributed by atoms with van der Waals surface area (Å²) in [5.41, 5.74) is 0.119. The van der Waals surface area contributed by atoms with Gasteiger partial charge in [0, 0.05) is 13.1 Å². The number of nitrogens with zero attached hydrogens (tertiary/aromatic N) is 1. The molecule has 1 aromatic rings. The molecule has 1 fully saturated rings. The highest BCUT2D eigenvalue weighted by Crippen LogP contribution is 2.28. The fourth-order valence-electron chi connectivity index (χ4n) is 2.55. The number of para-hydroxylation sites is 2. The molecule has 2 rings (SSSR count). The van der Waals surface area contributed by atoms with Crippen LogP contribution in [0.3, 0.4) is 0 Å². The van der Waals surface area contributed by atoms with Crippen molar-refractivity contribution in [3.05, 3.63) is 24.3 Å². The maximum atomic E-state index is 12.4. The number of halogens is 3. The zero-order valence-electron chi connectivity index (χ0n) is 13.5. The normalized spacial score (nSPS) is 19.4. The fraction of sp³-hybridized carbons (Fsp3) is 0.533. The van der Waals surface area contributed by atoms with E-state index in [2.05, 4.69) is 5.32 Å². The van der Waals surface area contributed by atoms with E-state index in [0.717, 1.165) is 6.26 Å². The maximum Gasteiger partial charge on any atom is 0.422 e. The molecule has 6 nitrogen and oxygen atoms in total. The van der Waals surface area contributed by atoms with Crippen molar-refractivity contribution in [2.45, 2.75) is 19.0 Å². The standard InChI is InChI=1S/C15H19F3N2O4S/c1-25(22,23)20-8-4-5-11(9-20)14(21)19-12-6-2-3-7-13(12)24-10-15(16,17)18/h2-3,6-7,11H,4-5,8-10H2,1H3,(H,19,21). The minimum Gasteiger partial charge on any atom is -0.482 e. The summed E-state index contributed by atoms with van der Waals surface area (Å²) in [6.45, 7) is -1.06. The number of amides is 1. The van der Waals surface area contributed by atoms with Gasteiger partial charge in [-0.15, -0.1) is 0 Å². The van der Waals surface area contributed by atoms with Gasteiger partial charge in [0.05, 0.1) is 17.9 Å². The molecule has 1 N–H and O–H groups in total. The summed E-state index contributed by atoms with van der Waals surface area (Å²) in [5.74, 6) is -1.11. The third kappa shape index (κ3) is 5.89. The van der Waals surface area contributed by atoms with E-state index < -0.39 is 34.6 Å². The minimum absolute atomic E-state index is 0.0518. The first-order valence-electron chi connectivity index (χ1n) is 7.61. The van der Waals surface area contributed by atoms with Crippen molar-refractivity contribution in [2.75, 3.05) is 31.3 Å². The Morgan fingerprint density at radius 3 is 2.68 bits per heavy atom. The smallest absolute Gasteiger partial charge is 0.422 e. The summed E-state index contributed by atoms with van der Waals surface area (Å²) in [7, 11) is -3.39. The Hall–Kier alpha value is -1.81. The van der Waals surface area contributed by atoms with Crippen LogP contribution < -0.4 is 10.1 Å². The molecule has 1 saturated heterocycles. The van der Waals surface area contributed by atoms with Gasteiger partial charge >= 0.3 is 6.18 Å². The Morgan fingerprint density at radius 1 is 1.36 bits per heavy atom. The zero-order valence-corrected chi connectivity index (χ0v) is 14.4. The SMILES string of the molecule is CS(=O)(=O)N1CCCC(C(=O)Nc2ccccc2OCC(F)(F)F)C1. The van der Waals surface area contributed by atoms with E-state index in [1.807, 2.05) is 0 Å². The summed E-state index contributed by atoms with van der Waals surface area (Å²) in [6, 6.07) is 5.80. The third-order valence-electron chi connectivity index (χ3n) is 3.76. The predicted octanol–water partition coefficient (Wildman–Crippen LogP) is 2.24. The number of hydrogen-bond donors (Lipinski definition) is 1. The number of carbonyl (C=O) groups excluding carboxylic acids is 1. The summed E-state index contributed by atoms with van der Waals surface area (Å²) in [6.07, 6.45) is -2.37. The van der Waals surface area contributed by atoms with Crippen molar-refractivity contribution in [1.82, 2.24) is 4.31 Å². The number of rotatable bonds is 5. The molecule has 1 aliphatic rings. The molecule has 25 heavy (non-hydrogen) atoms. The molecule has 0 spiro atoms. The Morgan fingerprint density at radius 2 is 2.04 bits per heavy atom. The molecule has 10 heteroatoms. The number of ether oxygens (including phenoxy) is 1. The molecule has 0 aliphatic carbocycles. The van der Waals surface area contributed by atoms with Crippen molar-refractivity contribution in [1.29, 1.82) is 0 Å². The van der Waals surface area contributed by atoms with Gasteiger partial charge in [0.1, 0.15) is 5.75 Å². The van der Waals surface area contributed by atoms with Gasteiger partial charge in [-0.1, -0.05) is 12.1 Å². The van der Waals surface area contributed by atoms with E-state index in [-0.39, 0.29) is 18.0 Å². The van der Waals surface area contributed by atoms with Crippen LogP contribution in [0.15, 0.2) is 24.3 Å². The van der Waals surface area contributed by atoms with E-state index >= 15 is 0 Å². The highest BCUT2D eigenvalue weighted by Gasteiger charge is 2.31. The second-order valence-corrected chi connectivity index (χ2v) is 7.83. The molecule has 1 unspecified atom stereocenters. The first kappa shape index (κ1) is 19.5. The third-order valence-corrected chi connectivity index (χ3v) is 5.03. The molecule has 0 saturated carbocycles. The van der Waals surface area contributed by atoms with Crippen LogP contribution in [0.2, 0.25) is 0 Å². The molecule has 1 heterocycles. The van der Waals surface area contributed by atoms with Crippen molar-refractivity contribution in [3.63, 3.8) is 0 Å². The average molecular weight is 380 g/mol. The van der Waals surface area contributed by atoms with Gasteiger partial charge in [-0.3, -0.25) is 4.79 Å². The first-order valence-corrected chi connectivity index (χ1v) is 9.45. The number of anilines is 1. The van der Waals surface area contributed by atoms with Crippen LogP contribution in [0, 0.1) is 5.92 Å². The molecule has 0 aromatic heterocycles. The second kappa shape index (κ2) is 7.61. The van der Waals surface area contributed by atoms with Gasteiger partial charge in [-0.2, -0.15) is 13.2 Å². The lowest BCUT2D eigenvalue weighted by atomic mass is 9.98. The number of sulfonamides is 1. The average Bonchev–Trinajstić information content (AvgIpc) is 2.52. The molecule has 0 radical (unpaired) electrons. The molecular weight excluding hydrogens is 361 g/mol. The van der Waals surface area contributed by atoms with E-state index in [0.29, 0.717) is 19.4 Å². The van der Waals surface area contributed by atoms with Crippen molar-refractivity contribution in [2.24, 2.45) is 5.92 Å². The van der Waals surface area contributed by atoms with E-state index in [9.17, 15) is 26.4 Å². The van der Waals surface area contributed by atoms with Crippen molar-refractivity contribution >= 4 is 21.6 Å².